The molecule has 0 saturated carbocycles. The topological polar surface area (TPSA) is 49.8 Å². The predicted octanol–water partition coefficient (Wildman–Crippen LogP) is 2.65. The minimum atomic E-state index is -0.706. The number of nitrogens with zero attached hydrogens (tertiary/aromatic N) is 1. The number of hydrogen-bond donors (Lipinski definition) is 1. The molecule has 0 amide bonds. The highest BCUT2D eigenvalue weighted by Gasteiger charge is 2.25. The zero-order chi connectivity index (χ0) is 13.8. The first-order valence-electron chi connectivity index (χ1n) is 6.37. The second-order valence-electron chi connectivity index (χ2n) is 4.87. The van der Waals surface area contributed by atoms with Gasteiger partial charge >= 0.3 is 5.97 Å². The molecular formula is C14H18ClNO3. The van der Waals surface area contributed by atoms with Gasteiger partial charge in [0.15, 0.2) is 0 Å². The molecule has 0 unspecified atom stereocenters. The fourth-order valence-electron chi connectivity index (χ4n) is 2.51. The molecule has 2 rings (SSSR count). The third-order valence-electron chi connectivity index (χ3n) is 3.49. The number of piperidine rings is 1. The molecule has 1 aliphatic heterocycles. The first-order valence-corrected chi connectivity index (χ1v) is 6.75. The summed E-state index contributed by atoms with van der Waals surface area (Å²) in [5.41, 5.74) is 1.00. The van der Waals surface area contributed by atoms with Crippen molar-refractivity contribution in [1.29, 1.82) is 0 Å². The monoisotopic (exact) mass is 283 g/mol. The van der Waals surface area contributed by atoms with Crippen molar-refractivity contribution in [3.8, 4) is 5.75 Å². The lowest BCUT2D eigenvalue weighted by atomic mass is 9.98. The Bertz CT molecular complexity index is 464. The summed E-state index contributed by atoms with van der Waals surface area (Å²) < 4.78 is 5.31. The lowest BCUT2D eigenvalue weighted by molar-refractivity contribution is -0.143. The predicted molar refractivity (Wildman–Crippen MR) is 73.6 cm³/mol. The summed E-state index contributed by atoms with van der Waals surface area (Å²) in [5, 5.41) is 9.76. The summed E-state index contributed by atoms with van der Waals surface area (Å²) in [5.74, 6) is -0.177. The molecule has 0 bridgehead atoms. The van der Waals surface area contributed by atoms with Crippen LogP contribution >= 0.6 is 11.6 Å². The maximum Gasteiger partial charge on any atom is 0.307 e. The summed E-state index contributed by atoms with van der Waals surface area (Å²) >= 11 is 6.00. The Morgan fingerprint density at radius 2 is 2.37 bits per heavy atom. The van der Waals surface area contributed by atoms with E-state index < -0.39 is 5.97 Å². The second-order valence-corrected chi connectivity index (χ2v) is 5.31. The van der Waals surface area contributed by atoms with E-state index in [1.54, 1.807) is 13.2 Å². The zero-order valence-electron chi connectivity index (χ0n) is 10.9. The Balaban J connectivity index is 2.08. The lowest BCUT2D eigenvalue weighted by Crippen LogP contribution is -2.38. The maximum atomic E-state index is 11.1. The highest BCUT2D eigenvalue weighted by Crippen LogP contribution is 2.26. The molecule has 104 valence electrons. The Labute approximate surface area is 117 Å². The molecule has 0 aliphatic carbocycles. The molecule has 0 radical (unpaired) electrons. The van der Waals surface area contributed by atoms with E-state index in [-0.39, 0.29) is 5.92 Å². The standard InChI is InChI=1S/C14H18ClNO3/c1-19-13-5-4-12(15)7-11(13)9-16-6-2-3-10(8-16)14(17)18/h4-5,7,10H,2-3,6,8-9H2,1H3,(H,17,18)/t10-/m1/s1. The zero-order valence-corrected chi connectivity index (χ0v) is 11.7. The molecule has 1 aliphatic rings. The molecule has 1 saturated heterocycles. The van der Waals surface area contributed by atoms with E-state index >= 15 is 0 Å². The molecule has 5 heteroatoms. The fraction of sp³-hybridized carbons (Fsp3) is 0.500. The lowest BCUT2D eigenvalue weighted by Gasteiger charge is -2.31. The first kappa shape index (κ1) is 14.2. The summed E-state index contributed by atoms with van der Waals surface area (Å²) in [6.07, 6.45) is 1.68. The van der Waals surface area contributed by atoms with Gasteiger partial charge in [-0.25, -0.2) is 0 Å². The van der Waals surface area contributed by atoms with Crippen molar-refractivity contribution in [3.05, 3.63) is 28.8 Å². The van der Waals surface area contributed by atoms with Gasteiger partial charge in [-0.3, -0.25) is 9.69 Å². The largest absolute Gasteiger partial charge is 0.496 e. The average molecular weight is 284 g/mol. The maximum absolute atomic E-state index is 11.1. The molecule has 0 aromatic heterocycles. The quantitative estimate of drug-likeness (QED) is 0.923. The van der Waals surface area contributed by atoms with Crippen molar-refractivity contribution < 1.29 is 14.6 Å². The number of hydrogen-bond acceptors (Lipinski definition) is 3. The van der Waals surface area contributed by atoms with E-state index in [0.29, 0.717) is 18.1 Å². The van der Waals surface area contributed by atoms with Gasteiger partial charge in [0.05, 0.1) is 13.0 Å². The van der Waals surface area contributed by atoms with E-state index in [2.05, 4.69) is 4.90 Å². The third kappa shape index (κ3) is 3.61. The highest BCUT2D eigenvalue weighted by molar-refractivity contribution is 6.30. The summed E-state index contributed by atoms with van der Waals surface area (Å²) in [4.78, 5) is 13.2. The minimum absolute atomic E-state index is 0.265. The van der Waals surface area contributed by atoms with Crippen molar-refractivity contribution in [2.45, 2.75) is 19.4 Å². The number of likely N-dealkylation sites (tertiary alicyclic amines) is 1. The number of rotatable bonds is 4. The Hall–Kier alpha value is -1.26. The number of ether oxygens (including phenoxy) is 1. The molecule has 1 N–H and O–H groups in total. The number of carboxylic acid groups (broad SMARTS) is 1. The van der Waals surface area contributed by atoms with E-state index in [1.165, 1.54) is 0 Å². The van der Waals surface area contributed by atoms with Crippen LogP contribution in [0.15, 0.2) is 18.2 Å². The van der Waals surface area contributed by atoms with Crippen LogP contribution in [0.4, 0.5) is 0 Å². The molecule has 4 nitrogen and oxygen atoms in total. The molecule has 19 heavy (non-hydrogen) atoms. The summed E-state index contributed by atoms with van der Waals surface area (Å²) in [6, 6.07) is 5.52. The SMILES string of the molecule is COc1ccc(Cl)cc1CN1CCC[C@@H](C(=O)O)C1. The average Bonchev–Trinajstić information content (AvgIpc) is 2.39. The number of carbonyl (C=O) groups is 1. The van der Waals surface area contributed by atoms with Crippen LogP contribution in [0.3, 0.4) is 0 Å². The van der Waals surface area contributed by atoms with Gasteiger partial charge in [-0.15, -0.1) is 0 Å². The van der Waals surface area contributed by atoms with E-state index in [1.807, 2.05) is 12.1 Å². The van der Waals surface area contributed by atoms with Crippen LogP contribution in [0.25, 0.3) is 0 Å². The highest BCUT2D eigenvalue weighted by atomic mass is 35.5. The van der Waals surface area contributed by atoms with E-state index in [4.69, 9.17) is 21.4 Å². The van der Waals surface area contributed by atoms with Crippen LogP contribution in [-0.2, 0) is 11.3 Å². The molecule has 1 atom stereocenters. The van der Waals surface area contributed by atoms with Crippen LogP contribution in [0.5, 0.6) is 5.75 Å². The third-order valence-corrected chi connectivity index (χ3v) is 3.73. The molecule has 0 spiro atoms. The number of halogens is 1. The van der Waals surface area contributed by atoms with Gasteiger partial charge in [0.25, 0.3) is 0 Å². The smallest absolute Gasteiger partial charge is 0.307 e. The number of methoxy groups -OCH3 is 1. The fourth-order valence-corrected chi connectivity index (χ4v) is 2.71. The van der Waals surface area contributed by atoms with E-state index in [9.17, 15) is 4.79 Å². The van der Waals surface area contributed by atoms with Crippen LogP contribution in [0, 0.1) is 5.92 Å². The number of benzene rings is 1. The summed E-state index contributed by atoms with van der Waals surface area (Å²) in [7, 11) is 1.63. The van der Waals surface area contributed by atoms with Crippen LogP contribution in [0.2, 0.25) is 5.02 Å². The second kappa shape index (κ2) is 6.26. The van der Waals surface area contributed by atoms with Gasteiger partial charge in [-0.2, -0.15) is 0 Å². The Morgan fingerprint density at radius 1 is 1.58 bits per heavy atom. The van der Waals surface area contributed by atoms with Crippen LogP contribution in [0.1, 0.15) is 18.4 Å². The summed E-state index contributed by atoms with van der Waals surface area (Å²) in [6.45, 7) is 2.18. The van der Waals surface area contributed by atoms with Crippen molar-refractivity contribution >= 4 is 17.6 Å². The van der Waals surface area contributed by atoms with Crippen molar-refractivity contribution in [2.24, 2.45) is 5.92 Å². The van der Waals surface area contributed by atoms with Crippen LogP contribution in [-0.4, -0.2) is 36.2 Å². The van der Waals surface area contributed by atoms with Crippen molar-refractivity contribution in [1.82, 2.24) is 4.90 Å². The van der Waals surface area contributed by atoms with Gasteiger partial charge in [0.2, 0.25) is 0 Å². The molecule has 1 aromatic rings. The van der Waals surface area contributed by atoms with Gasteiger partial charge in [0.1, 0.15) is 5.75 Å². The Morgan fingerprint density at radius 3 is 3.05 bits per heavy atom. The minimum Gasteiger partial charge on any atom is -0.496 e. The molecule has 1 fully saturated rings. The number of carboxylic acids is 1. The Kier molecular flexibility index (Phi) is 4.66. The number of aliphatic carboxylic acids is 1. The van der Waals surface area contributed by atoms with E-state index in [0.717, 1.165) is 30.7 Å². The van der Waals surface area contributed by atoms with Gasteiger partial charge in [-0.05, 0) is 37.6 Å². The first-order chi connectivity index (χ1) is 9.10. The molecule has 1 heterocycles. The van der Waals surface area contributed by atoms with Crippen molar-refractivity contribution in [3.63, 3.8) is 0 Å². The molecule has 1 aromatic carbocycles. The van der Waals surface area contributed by atoms with Crippen molar-refractivity contribution in [2.75, 3.05) is 20.2 Å². The normalized spacial score (nSPS) is 20.2. The van der Waals surface area contributed by atoms with Gasteiger partial charge < -0.3 is 9.84 Å². The van der Waals surface area contributed by atoms with Gasteiger partial charge in [0, 0.05) is 23.7 Å². The van der Waals surface area contributed by atoms with Crippen LogP contribution < -0.4 is 4.74 Å². The van der Waals surface area contributed by atoms with Gasteiger partial charge in [-0.1, -0.05) is 11.6 Å². The molecular weight excluding hydrogens is 266 g/mol.